The molecule has 1 fully saturated rings. The van der Waals surface area contributed by atoms with Gasteiger partial charge in [0.05, 0.1) is 12.5 Å². The maximum absolute atomic E-state index is 11.1. The number of nitrogens with zero attached hydrogens (tertiary/aromatic N) is 4. The number of anilines is 2. The van der Waals surface area contributed by atoms with E-state index in [0.29, 0.717) is 51.0 Å². The maximum atomic E-state index is 11.1. The lowest BCUT2D eigenvalue weighted by Crippen LogP contribution is -2.37. The Bertz CT molecular complexity index is 763. The van der Waals surface area contributed by atoms with Gasteiger partial charge in [0.1, 0.15) is 12.1 Å². The molecule has 1 aromatic heterocycles. The zero-order chi connectivity index (χ0) is 19.1. The Kier molecular flexibility index (Phi) is 6.40. The number of ether oxygens (including phenoxy) is 1. The summed E-state index contributed by atoms with van der Waals surface area (Å²) in [4.78, 5) is 26.0. The van der Waals surface area contributed by atoms with Gasteiger partial charge in [0, 0.05) is 19.6 Å². The second-order valence-corrected chi connectivity index (χ2v) is 6.43. The van der Waals surface area contributed by atoms with Crippen molar-refractivity contribution < 1.29 is 14.6 Å². The highest BCUT2D eigenvalue weighted by Crippen LogP contribution is 2.21. The molecule has 0 bridgehead atoms. The first-order valence-corrected chi connectivity index (χ1v) is 9.28. The van der Waals surface area contributed by atoms with Crippen molar-refractivity contribution in [2.45, 2.75) is 26.2 Å². The van der Waals surface area contributed by atoms with Crippen molar-refractivity contribution in [2.75, 3.05) is 36.5 Å². The van der Waals surface area contributed by atoms with Gasteiger partial charge in [-0.25, -0.2) is 9.97 Å². The molecule has 2 aromatic rings. The minimum atomic E-state index is -0.722. The monoisotopic (exact) mass is 371 g/mol. The van der Waals surface area contributed by atoms with Crippen LogP contribution in [0.2, 0.25) is 0 Å². The number of hydrogen-bond donors (Lipinski definition) is 2. The SMILES string of the molecule is CCOc1ccccc1CCNc1ncnc(N2CCC(C(=O)O)CC2)n1. The molecule has 8 nitrogen and oxygen atoms in total. The van der Waals surface area contributed by atoms with Crippen LogP contribution in [0.15, 0.2) is 30.6 Å². The molecule has 144 valence electrons. The number of hydrogen-bond acceptors (Lipinski definition) is 7. The molecular formula is C19H25N5O3. The molecule has 27 heavy (non-hydrogen) atoms. The number of carbonyl (C=O) groups is 1. The number of carboxylic acids is 1. The van der Waals surface area contributed by atoms with Crippen LogP contribution in [0.5, 0.6) is 5.75 Å². The lowest BCUT2D eigenvalue weighted by molar-refractivity contribution is -0.142. The maximum Gasteiger partial charge on any atom is 0.306 e. The van der Waals surface area contributed by atoms with Gasteiger partial charge in [0.15, 0.2) is 0 Å². The molecule has 8 heteroatoms. The average molecular weight is 371 g/mol. The van der Waals surface area contributed by atoms with E-state index in [1.165, 1.54) is 6.33 Å². The summed E-state index contributed by atoms with van der Waals surface area (Å²) in [6, 6.07) is 7.99. The number of benzene rings is 1. The molecule has 0 spiro atoms. The van der Waals surface area contributed by atoms with Crippen molar-refractivity contribution in [1.29, 1.82) is 0 Å². The molecule has 1 aliphatic rings. The van der Waals surface area contributed by atoms with Gasteiger partial charge in [-0.2, -0.15) is 4.98 Å². The largest absolute Gasteiger partial charge is 0.494 e. The standard InChI is InChI=1S/C19H25N5O3/c1-2-27-16-6-4-3-5-14(16)7-10-20-18-21-13-22-19(23-18)24-11-8-15(9-12-24)17(25)26/h3-6,13,15H,2,7-12H2,1H3,(H,25,26)(H,20,21,22,23). The van der Waals surface area contributed by atoms with E-state index in [2.05, 4.69) is 26.3 Å². The second-order valence-electron chi connectivity index (χ2n) is 6.43. The van der Waals surface area contributed by atoms with E-state index in [9.17, 15) is 4.79 Å². The van der Waals surface area contributed by atoms with Gasteiger partial charge in [-0.1, -0.05) is 18.2 Å². The van der Waals surface area contributed by atoms with E-state index in [-0.39, 0.29) is 5.92 Å². The van der Waals surface area contributed by atoms with Gasteiger partial charge < -0.3 is 20.1 Å². The smallest absolute Gasteiger partial charge is 0.306 e. The molecule has 0 atom stereocenters. The van der Waals surface area contributed by atoms with Crippen LogP contribution in [0.3, 0.4) is 0 Å². The predicted molar refractivity (Wildman–Crippen MR) is 102 cm³/mol. The Morgan fingerprint density at radius 2 is 2.07 bits per heavy atom. The van der Waals surface area contributed by atoms with Gasteiger partial charge in [-0.15, -0.1) is 0 Å². The fraction of sp³-hybridized carbons (Fsp3) is 0.474. The molecule has 1 aromatic carbocycles. The number of aromatic nitrogens is 3. The van der Waals surface area contributed by atoms with E-state index in [4.69, 9.17) is 9.84 Å². The Hall–Kier alpha value is -2.90. The van der Waals surface area contributed by atoms with Gasteiger partial charge in [0.2, 0.25) is 11.9 Å². The molecule has 2 heterocycles. The number of piperidine rings is 1. The lowest BCUT2D eigenvalue weighted by Gasteiger charge is -2.29. The van der Waals surface area contributed by atoms with Gasteiger partial charge >= 0.3 is 5.97 Å². The van der Waals surface area contributed by atoms with Crippen LogP contribution in [-0.4, -0.2) is 52.3 Å². The first kappa shape index (κ1) is 18.9. The molecule has 3 rings (SSSR count). The van der Waals surface area contributed by atoms with E-state index in [1.54, 1.807) is 0 Å². The summed E-state index contributed by atoms with van der Waals surface area (Å²) < 4.78 is 5.65. The highest BCUT2D eigenvalue weighted by molar-refractivity contribution is 5.70. The van der Waals surface area contributed by atoms with Crippen molar-refractivity contribution in [3.8, 4) is 5.75 Å². The molecule has 0 amide bonds. The van der Waals surface area contributed by atoms with Gasteiger partial charge in [-0.05, 0) is 37.8 Å². The zero-order valence-corrected chi connectivity index (χ0v) is 15.5. The molecule has 0 radical (unpaired) electrons. The van der Waals surface area contributed by atoms with E-state index >= 15 is 0 Å². The van der Waals surface area contributed by atoms with E-state index in [1.807, 2.05) is 30.0 Å². The summed E-state index contributed by atoms with van der Waals surface area (Å²) in [5, 5.41) is 12.3. The van der Waals surface area contributed by atoms with Crippen molar-refractivity contribution in [3.05, 3.63) is 36.2 Å². The lowest BCUT2D eigenvalue weighted by atomic mass is 9.97. The van der Waals surface area contributed by atoms with Gasteiger partial charge in [-0.3, -0.25) is 4.79 Å². The van der Waals surface area contributed by atoms with Crippen LogP contribution in [0, 0.1) is 5.92 Å². The normalized spacial score (nSPS) is 14.8. The Labute approximate surface area is 158 Å². The summed E-state index contributed by atoms with van der Waals surface area (Å²) in [7, 11) is 0. The van der Waals surface area contributed by atoms with Crippen LogP contribution in [0.25, 0.3) is 0 Å². The van der Waals surface area contributed by atoms with Crippen molar-refractivity contribution in [1.82, 2.24) is 15.0 Å². The molecule has 1 saturated heterocycles. The topological polar surface area (TPSA) is 100 Å². The average Bonchev–Trinajstić information content (AvgIpc) is 2.70. The Morgan fingerprint density at radius 3 is 2.81 bits per heavy atom. The molecule has 0 unspecified atom stereocenters. The highest BCUT2D eigenvalue weighted by atomic mass is 16.5. The summed E-state index contributed by atoms with van der Waals surface area (Å²) >= 11 is 0. The Balaban J connectivity index is 1.55. The molecular weight excluding hydrogens is 346 g/mol. The molecule has 0 saturated carbocycles. The van der Waals surface area contributed by atoms with Crippen LogP contribution < -0.4 is 15.0 Å². The first-order valence-electron chi connectivity index (χ1n) is 9.28. The van der Waals surface area contributed by atoms with E-state index in [0.717, 1.165) is 17.7 Å². The second kappa shape index (κ2) is 9.16. The summed E-state index contributed by atoms with van der Waals surface area (Å²) in [6.45, 7) is 4.57. The highest BCUT2D eigenvalue weighted by Gasteiger charge is 2.25. The number of para-hydroxylation sites is 1. The Morgan fingerprint density at radius 1 is 1.30 bits per heavy atom. The quantitative estimate of drug-likeness (QED) is 0.729. The first-order chi connectivity index (χ1) is 13.2. The third kappa shape index (κ3) is 5.06. The minimum absolute atomic E-state index is 0.272. The number of nitrogens with one attached hydrogen (secondary N) is 1. The van der Waals surface area contributed by atoms with Crippen molar-refractivity contribution in [3.63, 3.8) is 0 Å². The number of rotatable bonds is 8. The fourth-order valence-corrected chi connectivity index (χ4v) is 3.17. The van der Waals surface area contributed by atoms with Crippen molar-refractivity contribution in [2.24, 2.45) is 5.92 Å². The minimum Gasteiger partial charge on any atom is -0.494 e. The third-order valence-electron chi connectivity index (χ3n) is 4.64. The molecule has 2 N–H and O–H groups in total. The summed E-state index contributed by atoms with van der Waals surface area (Å²) in [5.74, 6) is 1.02. The predicted octanol–water partition coefficient (Wildman–Crippen LogP) is 2.23. The fourth-order valence-electron chi connectivity index (χ4n) is 3.17. The molecule has 1 aliphatic heterocycles. The van der Waals surface area contributed by atoms with Crippen LogP contribution in [-0.2, 0) is 11.2 Å². The number of carboxylic acid groups (broad SMARTS) is 1. The van der Waals surface area contributed by atoms with Crippen molar-refractivity contribution >= 4 is 17.9 Å². The number of aliphatic carboxylic acids is 1. The van der Waals surface area contributed by atoms with E-state index < -0.39 is 5.97 Å². The summed E-state index contributed by atoms with van der Waals surface area (Å²) in [6.07, 6.45) is 3.50. The van der Waals surface area contributed by atoms with Crippen LogP contribution in [0.1, 0.15) is 25.3 Å². The molecule has 0 aliphatic carbocycles. The summed E-state index contributed by atoms with van der Waals surface area (Å²) in [5.41, 5.74) is 1.14. The third-order valence-corrected chi connectivity index (χ3v) is 4.64. The van der Waals surface area contributed by atoms with Crippen LogP contribution >= 0.6 is 0 Å². The van der Waals surface area contributed by atoms with Gasteiger partial charge in [0.25, 0.3) is 0 Å². The zero-order valence-electron chi connectivity index (χ0n) is 15.5. The van der Waals surface area contributed by atoms with Crippen LogP contribution in [0.4, 0.5) is 11.9 Å².